The highest BCUT2D eigenvalue weighted by molar-refractivity contribution is 5.97. The Morgan fingerprint density at radius 2 is 1.54 bits per heavy atom. The molecule has 0 spiro atoms. The van der Waals surface area contributed by atoms with Crippen molar-refractivity contribution in [2.45, 2.75) is 6.92 Å². The summed E-state index contributed by atoms with van der Waals surface area (Å²) in [6.07, 6.45) is 0. The number of nitro benzene ring substituents is 1. The molecule has 3 aromatic carbocycles. The van der Waals surface area contributed by atoms with Gasteiger partial charge in [0.25, 0.3) is 11.6 Å². The molecule has 1 aromatic heterocycles. The molecular weight excluding hydrogens is 468 g/mol. The molecule has 37 heavy (non-hydrogen) atoms. The lowest BCUT2D eigenvalue weighted by molar-refractivity contribution is -0.384. The maximum absolute atomic E-state index is 13.8. The smallest absolute Gasteiger partial charge is 0.269 e. The molecule has 0 saturated carbocycles. The molecule has 4 aromatic rings. The summed E-state index contributed by atoms with van der Waals surface area (Å²) in [4.78, 5) is 28.3. The maximum Gasteiger partial charge on any atom is 0.269 e. The second kappa shape index (κ2) is 10.2. The van der Waals surface area contributed by atoms with Gasteiger partial charge < -0.3 is 19.1 Å². The third-order valence-corrected chi connectivity index (χ3v) is 6.87. The van der Waals surface area contributed by atoms with Crippen LogP contribution in [0, 0.1) is 17.0 Å². The molecule has 1 aliphatic heterocycles. The van der Waals surface area contributed by atoms with Gasteiger partial charge in [0, 0.05) is 49.7 Å². The summed E-state index contributed by atoms with van der Waals surface area (Å²) in [5, 5.41) is 11.0. The van der Waals surface area contributed by atoms with Crippen LogP contribution < -0.4 is 9.64 Å². The van der Waals surface area contributed by atoms with E-state index in [1.807, 2.05) is 72.5 Å². The van der Waals surface area contributed by atoms with Gasteiger partial charge in [-0.1, -0.05) is 42.5 Å². The Bertz CT molecular complexity index is 1420. The molecule has 8 nitrogen and oxygen atoms in total. The lowest BCUT2D eigenvalue weighted by Crippen LogP contribution is -2.48. The Morgan fingerprint density at radius 1 is 0.892 bits per heavy atom. The molecule has 1 fully saturated rings. The number of aromatic nitrogens is 1. The van der Waals surface area contributed by atoms with Gasteiger partial charge in [-0.25, -0.2) is 0 Å². The van der Waals surface area contributed by atoms with E-state index >= 15 is 0 Å². The molecule has 0 unspecified atom stereocenters. The lowest BCUT2D eigenvalue weighted by Gasteiger charge is -2.36. The number of carbonyl (C=O) groups excluding carboxylic acids is 1. The van der Waals surface area contributed by atoms with Crippen LogP contribution in [0.4, 0.5) is 11.4 Å². The topological polar surface area (TPSA) is 80.8 Å². The highest BCUT2D eigenvalue weighted by Crippen LogP contribution is 2.34. The third-order valence-electron chi connectivity index (χ3n) is 6.87. The molecule has 0 bridgehead atoms. The van der Waals surface area contributed by atoms with Gasteiger partial charge in [-0.05, 0) is 42.8 Å². The molecule has 188 valence electrons. The first-order valence-corrected chi connectivity index (χ1v) is 12.2. The number of hydrogen-bond acceptors (Lipinski definition) is 5. The van der Waals surface area contributed by atoms with Gasteiger partial charge in [0.05, 0.1) is 29.0 Å². The average molecular weight is 497 g/mol. The van der Waals surface area contributed by atoms with Gasteiger partial charge in [0.15, 0.2) is 0 Å². The summed E-state index contributed by atoms with van der Waals surface area (Å²) in [6, 6.07) is 26.4. The van der Waals surface area contributed by atoms with Crippen molar-refractivity contribution in [3.63, 3.8) is 0 Å². The largest absolute Gasteiger partial charge is 0.495 e. The van der Waals surface area contributed by atoms with Crippen LogP contribution in [-0.4, -0.2) is 53.6 Å². The average Bonchev–Trinajstić information content (AvgIpc) is 3.29. The number of nitro groups is 1. The van der Waals surface area contributed by atoms with Crippen LogP contribution in [0.15, 0.2) is 84.9 Å². The van der Waals surface area contributed by atoms with Gasteiger partial charge >= 0.3 is 0 Å². The van der Waals surface area contributed by atoms with Crippen LogP contribution in [0.1, 0.15) is 16.1 Å². The van der Waals surface area contributed by atoms with Crippen molar-refractivity contribution < 1.29 is 14.5 Å². The highest BCUT2D eigenvalue weighted by Gasteiger charge is 2.27. The first-order valence-electron chi connectivity index (χ1n) is 12.2. The summed E-state index contributed by atoms with van der Waals surface area (Å²) < 4.78 is 7.74. The van der Waals surface area contributed by atoms with Gasteiger partial charge in [0.1, 0.15) is 5.75 Å². The standard InChI is InChI=1S/C29H28N4O4/c1-21-25(29(34)31-18-16-30(17-19-31)23-12-14-24(15-13-23)33(35)36)20-27(22-8-4-3-5-9-22)32(21)26-10-6-7-11-28(26)37-2/h3-15,20H,16-19H2,1-2H3. The minimum absolute atomic E-state index is 0.00771. The molecule has 0 N–H and O–H groups in total. The molecule has 1 saturated heterocycles. The van der Waals surface area contributed by atoms with Gasteiger partial charge in [-0.2, -0.15) is 0 Å². The van der Waals surface area contributed by atoms with Crippen molar-refractivity contribution in [3.05, 3.63) is 106 Å². The van der Waals surface area contributed by atoms with E-state index in [4.69, 9.17) is 4.74 Å². The summed E-state index contributed by atoms with van der Waals surface area (Å²) in [5.74, 6) is 0.723. The van der Waals surface area contributed by atoms with E-state index in [2.05, 4.69) is 9.47 Å². The van der Waals surface area contributed by atoms with E-state index in [-0.39, 0.29) is 11.6 Å². The normalized spacial score (nSPS) is 13.5. The Morgan fingerprint density at radius 3 is 2.19 bits per heavy atom. The zero-order chi connectivity index (χ0) is 25.9. The van der Waals surface area contributed by atoms with Crippen molar-refractivity contribution in [2.24, 2.45) is 0 Å². The lowest BCUT2D eigenvalue weighted by atomic mass is 10.1. The molecule has 1 amide bonds. The minimum Gasteiger partial charge on any atom is -0.495 e. The molecule has 1 aliphatic rings. The van der Waals surface area contributed by atoms with Crippen LogP contribution in [0.2, 0.25) is 0 Å². The van der Waals surface area contributed by atoms with E-state index in [1.54, 1.807) is 19.2 Å². The number of carbonyl (C=O) groups is 1. The fourth-order valence-corrected chi connectivity index (χ4v) is 4.89. The van der Waals surface area contributed by atoms with Crippen LogP contribution in [0.25, 0.3) is 16.9 Å². The Kier molecular flexibility index (Phi) is 6.64. The second-order valence-corrected chi connectivity index (χ2v) is 8.95. The summed E-state index contributed by atoms with van der Waals surface area (Å²) in [5.41, 5.74) is 5.32. The van der Waals surface area contributed by atoms with Crippen molar-refractivity contribution in [3.8, 4) is 22.7 Å². The molecule has 8 heteroatoms. The first-order chi connectivity index (χ1) is 18.0. The number of hydrogen-bond donors (Lipinski definition) is 0. The number of para-hydroxylation sites is 2. The maximum atomic E-state index is 13.8. The summed E-state index contributed by atoms with van der Waals surface area (Å²) in [7, 11) is 1.65. The second-order valence-electron chi connectivity index (χ2n) is 8.95. The summed E-state index contributed by atoms with van der Waals surface area (Å²) in [6.45, 7) is 4.41. The predicted molar refractivity (Wildman–Crippen MR) is 144 cm³/mol. The number of amides is 1. The van der Waals surface area contributed by atoms with Crippen molar-refractivity contribution in [1.29, 1.82) is 0 Å². The van der Waals surface area contributed by atoms with E-state index in [9.17, 15) is 14.9 Å². The van der Waals surface area contributed by atoms with Gasteiger partial charge in [-0.3, -0.25) is 14.9 Å². The monoisotopic (exact) mass is 496 g/mol. The van der Waals surface area contributed by atoms with Gasteiger partial charge in [0.2, 0.25) is 0 Å². The molecule has 0 radical (unpaired) electrons. The fourth-order valence-electron chi connectivity index (χ4n) is 4.89. The van der Waals surface area contributed by atoms with E-state index in [1.165, 1.54) is 12.1 Å². The third kappa shape index (κ3) is 4.65. The van der Waals surface area contributed by atoms with Crippen molar-refractivity contribution in [2.75, 3.05) is 38.2 Å². The number of benzene rings is 3. The van der Waals surface area contributed by atoms with Crippen LogP contribution in [0.5, 0.6) is 5.75 Å². The SMILES string of the molecule is COc1ccccc1-n1c(-c2ccccc2)cc(C(=O)N2CCN(c3ccc([N+](=O)[O-])cc3)CC2)c1C. The minimum atomic E-state index is -0.399. The van der Waals surface area contributed by atoms with Crippen LogP contribution >= 0.6 is 0 Å². The van der Waals surface area contributed by atoms with E-state index < -0.39 is 4.92 Å². The molecule has 5 rings (SSSR count). The number of anilines is 1. The number of rotatable bonds is 6. The number of nitrogens with zero attached hydrogens (tertiary/aromatic N) is 4. The molecule has 2 heterocycles. The predicted octanol–water partition coefficient (Wildman–Crippen LogP) is 5.33. The Balaban J connectivity index is 1.43. The van der Waals surface area contributed by atoms with E-state index in [0.717, 1.165) is 34.1 Å². The first kappa shape index (κ1) is 24.1. The number of non-ortho nitro benzene ring substituents is 1. The van der Waals surface area contributed by atoms with Crippen molar-refractivity contribution in [1.82, 2.24) is 9.47 Å². The zero-order valence-corrected chi connectivity index (χ0v) is 20.8. The Hall–Kier alpha value is -4.59. The Labute approximate surface area is 215 Å². The number of piperazine rings is 1. The molecule has 0 aliphatic carbocycles. The fraction of sp³-hybridized carbons (Fsp3) is 0.207. The summed E-state index contributed by atoms with van der Waals surface area (Å²) >= 11 is 0. The molecular formula is C29H28N4O4. The van der Waals surface area contributed by atoms with Gasteiger partial charge in [-0.15, -0.1) is 0 Å². The van der Waals surface area contributed by atoms with Crippen LogP contribution in [0.3, 0.4) is 0 Å². The molecule has 0 atom stereocenters. The highest BCUT2D eigenvalue weighted by atomic mass is 16.6. The quantitative estimate of drug-likeness (QED) is 0.266. The number of ether oxygens (including phenoxy) is 1. The van der Waals surface area contributed by atoms with E-state index in [0.29, 0.717) is 31.7 Å². The zero-order valence-electron chi connectivity index (χ0n) is 20.8. The van der Waals surface area contributed by atoms with Crippen LogP contribution in [-0.2, 0) is 0 Å². The van der Waals surface area contributed by atoms with Crippen molar-refractivity contribution >= 4 is 17.3 Å². The number of methoxy groups -OCH3 is 1.